The van der Waals surface area contributed by atoms with E-state index in [0.717, 1.165) is 33.5 Å². The number of methoxy groups -OCH3 is 2. The van der Waals surface area contributed by atoms with Crippen LogP contribution in [0.3, 0.4) is 0 Å². The number of aryl methyl sites for hydroxylation is 3. The van der Waals surface area contributed by atoms with Crippen molar-refractivity contribution in [2.24, 2.45) is 0 Å². The zero-order valence-electron chi connectivity index (χ0n) is 20.1. The molecule has 0 aliphatic carbocycles. The molecule has 0 spiro atoms. The zero-order valence-corrected chi connectivity index (χ0v) is 20.9. The lowest BCUT2D eigenvalue weighted by Gasteiger charge is -2.18. The van der Waals surface area contributed by atoms with Gasteiger partial charge >= 0.3 is 0 Å². The van der Waals surface area contributed by atoms with Crippen molar-refractivity contribution in [3.63, 3.8) is 0 Å². The zero-order chi connectivity index (χ0) is 24.6. The van der Waals surface area contributed by atoms with Crippen molar-refractivity contribution in [3.8, 4) is 22.6 Å². The molecule has 1 unspecified atom stereocenters. The van der Waals surface area contributed by atoms with Crippen LogP contribution in [0.15, 0.2) is 46.8 Å². The molecule has 0 saturated heterocycles. The van der Waals surface area contributed by atoms with Gasteiger partial charge in [-0.2, -0.15) is 0 Å². The van der Waals surface area contributed by atoms with Crippen molar-refractivity contribution in [3.05, 3.63) is 69.1 Å². The van der Waals surface area contributed by atoms with Gasteiger partial charge in [-0.15, -0.1) is 11.3 Å². The molecule has 2 aromatic heterocycles. The first-order chi connectivity index (χ1) is 16.2. The van der Waals surface area contributed by atoms with Gasteiger partial charge in [0.25, 0.3) is 5.56 Å². The van der Waals surface area contributed by atoms with Gasteiger partial charge in [-0.05, 0) is 56.5 Å². The Morgan fingerprint density at radius 3 is 2.38 bits per heavy atom. The number of aromatic nitrogens is 2. The standard InChI is InChI=1S/C26H27N3O4S/c1-14-9-15(2)23(16(3)10-14)28-24(30)17(4)29-13-27-25-22(26(29)31)19(12-34-25)18-7-8-20(32-5)21(11-18)33-6/h7-13,17H,1-6H3,(H,28,30). The maximum absolute atomic E-state index is 13.5. The fourth-order valence-corrected chi connectivity index (χ4v) is 5.08. The first-order valence-electron chi connectivity index (χ1n) is 10.8. The summed E-state index contributed by atoms with van der Waals surface area (Å²) in [7, 11) is 3.14. The molecule has 4 aromatic rings. The number of nitrogens with one attached hydrogen (secondary N) is 1. The predicted molar refractivity (Wildman–Crippen MR) is 136 cm³/mol. The van der Waals surface area contributed by atoms with Crippen molar-refractivity contribution in [1.29, 1.82) is 0 Å². The third kappa shape index (κ3) is 4.17. The Morgan fingerprint density at radius 2 is 1.74 bits per heavy atom. The molecule has 1 N–H and O–H groups in total. The van der Waals surface area contributed by atoms with Crippen LogP contribution >= 0.6 is 11.3 Å². The molecule has 2 heterocycles. The highest BCUT2D eigenvalue weighted by Gasteiger charge is 2.22. The third-order valence-corrected chi connectivity index (χ3v) is 6.82. The maximum Gasteiger partial charge on any atom is 0.263 e. The molecule has 2 aromatic carbocycles. The summed E-state index contributed by atoms with van der Waals surface area (Å²) in [5.74, 6) is 0.898. The van der Waals surface area contributed by atoms with E-state index in [9.17, 15) is 9.59 Å². The highest BCUT2D eigenvalue weighted by atomic mass is 32.1. The molecule has 0 fully saturated rings. The van der Waals surface area contributed by atoms with Gasteiger partial charge in [-0.25, -0.2) is 4.98 Å². The van der Waals surface area contributed by atoms with Gasteiger partial charge in [-0.1, -0.05) is 23.8 Å². The minimum absolute atomic E-state index is 0.268. The predicted octanol–water partition coefficient (Wildman–Crippen LogP) is 5.27. The van der Waals surface area contributed by atoms with Crippen LogP contribution in [-0.4, -0.2) is 29.7 Å². The van der Waals surface area contributed by atoms with Crippen LogP contribution in [0.1, 0.15) is 29.7 Å². The molecule has 7 nitrogen and oxygen atoms in total. The van der Waals surface area contributed by atoms with Crippen molar-refractivity contribution < 1.29 is 14.3 Å². The first-order valence-corrected chi connectivity index (χ1v) is 11.7. The van der Waals surface area contributed by atoms with E-state index in [0.29, 0.717) is 21.7 Å². The molecule has 8 heteroatoms. The molecule has 176 valence electrons. The van der Waals surface area contributed by atoms with Crippen LogP contribution in [-0.2, 0) is 4.79 Å². The van der Waals surface area contributed by atoms with E-state index in [1.807, 2.05) is 50.4 Å². The van der Waals surface area contributed by atoms with Gasteiger partial charge in [0, 0.05) is 16.6 Å². The summed E-state index contributed by atoms with van der Waals surface area (Å²) in [6, 6.07) is 8.80. The van der Waals surface area contributed by atoms with Crippen LogP contribution in [0.5, 0.6) is 11.5 Å². The fourth-order valence-electron chi connectivity index (χ4n) is 4.17. The van der Waals surface area contributed by atoms with Crippen molar-refractivity contribution in [1.82, 2.24) is 9.55 Å². The van der Waals surface area contributed by atoms with Crippen molar-refractivity contribution in [2.45, 2.75) is 33.7 Å². The Balaban J connectivity index is 1.73. The van der Waals surface area contributed by atoms with Crippen molar-refractivity contribution in [2.75, 3.05) is 19.5 Å². The van der Waals surface area contributed by atoms with E-state index in [1.54, 1.807) is 27.2 Å². The number of carbonyl (C=O) groups is 1. The Labute approximate surface area is 202 Å². The molecular formula is C26H27N3O4S. The number of carbonyl (C=O) groups excluding carboxylic acids is 1. The summed E-state index contributed by atoms with van der Waals surface area (Å²) >= 11 is 1.39. The van der Waals surface area contributed by atoms with Crippen LogP contribution in [0, 0.1) is 20.8 Å². The molecule has 0 aliphatic rings. The summed E-state index contributed by atoms with van der Waals surface area (Å²) in [6.45, 7) is 7.64. The molecule has 1 amide bonds. The smallest absolute Gasteiger partial charge is 0.263 e. The number of hydrogen-bond donors (Lipinski definition) is 1. The number of amides is 1. The Kier molecular flexibility index (Phi) is 6.43. The monoisotopic (exact) mass is 477 g/mol. The van der Waals surface area contributed by atoms with Gasteiger partial charge in [0.2, 0.25) is 5.91 Å². The minimum atomic E-state index is -0.748. The number of nitrogens with zero attached hydrogens (tertiary/aromatic N) is 2. The average Bonchev–Trinajstić information content (AvgIpc) is 3.25. The first kappa shape index (κ1) is 23.5. The summed E-state index contributed by atoms with van der Waals surface area (Å²) in [5, 5.41) is 5.36. The van der Waals surface area contributed by atoms with Gasteiger partial charge in [-0.3, -0.25) is 14.2 Å². The maximum atomic E-state index is 13.5. The normalized spacial score (nSPS) is 11.9. The number of thiophene rings is 1. The molecule has 0 bridgehead atoms. The van der Waals surface area contributed by atoms with Gasteiger partial charge in [0.1, 0.15) is 10.9 Å². The molecular weight excluding hydrogens is 450 g/mol. The van der Waals surface area contributed by atoms with E-state index in [-0.39, 0.29) is 11.5 Å². The number of benzene rings is 2. The number of hydrogen-bond acceptors (Lipinski definition) is 6. The second-order valence-corrected chi connectivity index (χ2v) is 9.15. The van der Waals surface area contributed by atoms with Crippen LogP contribution < -0.4 is 20.3 Å². The van der Waals surface area contributed by atoms with E-state index in [1.165, 1.54) is 22.2 Å². The molecule has 0 saturated carbocycles. The second-order valence-electron chi connectivity index (χ2n) is 8.30. The lowest BCUT2D eigenvalue weighted by molar-refractivity contribution is -0.118. The average molecular weight is 478 g/mol. The molecule has 0 radical (unpaired) electrons. The number of fused-ring (bicyclic) bond motifs is 1. The fraction of sp³-hybridized carbons (Fsp3) is 0.269. The quantitative estimate of drug-likeness (QED) is 0.409. The topological polar surface area (TPSA) is 82.5 Å². The van der Waals surface area contributed by atoms with Crippen LogP contribution in [0.25, 0.3) is 21.3 Å². The van der Waals surface area contributed by atoms with E-state index >= 15 is 0 Å². The van der Waals surface area contributed by atoms with Crippen LogP contribution in [0.4, 0.5) is 5.69 Å². The second kappa shape index (κ2) is 9.30. The highest BCUT2D eigenvalue weighted by molar-refractivity contribution is 7.17. The van der Waals surface area contributed by atoms with Crippen LogP contribution in [0.2, 0.25) is 0 Å². The van der Waals surface area contributed by atoms with Gasteiger partial charge in [0.05, 0.1) is 25.9 Å². The Hall–Kier alpha value is -3.65. The SMILES string of the molecule is COc1ccc(-c2csc3ncn(C(C)C(=O)Nc4c(C)cc(C)cc4C)c(=O)c23)cc1OC. The van der Waals surface area contributed by atoms with E-state index in [4.69, 9.17) is 9.47 Å². The largest absolute Gasteiger partial charge is 0.493 e. The van der Waals surface area contributed by atoms with Gasteiger partial charge < -0.3 is 14.8 Å². The minimum Gasteiger partial charge on any atom is -0.493 e. The summed E-state index contributed by atoms with van der Waals surface area (Å²) in [5.41, 5.74) is 5.14. The number of rotatable bonds is 6. The Bertz CT molecular complexity index is 1430. The van der Waals surface area contributed by atoms with Gasteiger partial charge in [0.15, 0.2) is 11.5 Å². The highest BCUT2D eigenvalue weighted by Crippen LogP contribution is 2.36. The van der Waals surface area contributed by atoms with E-state index in [2.05, 4.69) is 10.3 Å². The summed E-state index contributed by atoms with van der Waals surface area (Å²) in [6.07, 6.45) is 1.44. The summed E-state index contributed by atoms with van der Waals surface area (Å²) in [4.78, 5) is 31.7. The summed E-state index contributed by atoms with van der Waals surface area (Å²) < 4.78 is 12.1. The lowest BCUT2D eigenvalue weighted by Crippen LogP contribution is -2.32. The number of ether oxygens (including phenoxy) is 2. The van der Waals surface area contributed by atoms with Crippen molar-refractivity contribution >= 4 is 33.1 Å². The Morgan fingerprint density at radius 1 is 1.06 bits per heavy atom. The third-order valence-electron chi connectivity index (χ3n) is 5.94. The lowest BCUT2D eigenvalue weighted by atomic mass is 10.0. The van der Waals surface area contributed by atoms with E-state index < -0.39 is 6.04 Å². The molecule has 34 heavy (non-hydrogen) atoms. The molecule has 0 aliphatic heterocycles. The number of anilines is 1. The molecule has 1 atom stereocenters. The molecule has 4 rings (SSSR count).